The SMILES string of the molecule is CC1(C)CCC(N=C(N)c2ccccc2)CC1. The van der Waals surface area contributed by atoms with Crippen molar-refractivity contribution >= 4 is 5.84 Å². The molecule has 1 aliphatic carbocycles. The fourth-order valence-electron chi connectivity index (χ4n) is 2.39. The standard InChI is InChI=1S/C15H22N2/c1-15(2)10-8-13(9-11-15)17-14(16)12-6-4-3-5-7-12/h3-7,13H,8-11H2,1-2H3,(H2,16,17). The van der Waals surface area contributed by atoms with E-state index in [9.17, 15) is 0 Å². The summed E-state index contributed by atoms with van der Waals surface area (Å²) in [5.74, 6) is 0.690. The van der Waals surface area contributed by atoms with Crippen molar-refractivity contribution in [2.24, 2.45) is 16.1 Å². The number of benzene rings is 1. The molecular formula is C15H22N2. The molecule has 0 amide bonds. The second-order valence-electron chi connectivity index (χ2n) is 5.78. The lowest BCUT2D eigenvalue weighted by Gasteiger charge is -2.32. The molecule has 0 atom stereocenters. The zero-order chi connectivity index (χ0) is 12.3. The number of nitrogens with zero attached hydrogens (tertiary/aromatic N) is 1. The van der Waals surface area contributed by atoms with E-state index < -0.39 is 0 Å². The van der Waals surface area contributed by atoms with Crippen molar-refractivity contribution in [2.45, 2.75) is 45.6 Å². The number of nitrogens with two attached hydrogens (primary N) is 1. The predicted molar refractivity (Wildman–Crippen MR) is 73.2 cm³/mol. The highest BCUT2D eigenvalue weighted by molar-refractivity contribution is 5.97. The van der Waals surface area contributed by atoms with Crippen molar-refractivity contribution in [1.29, 1.82) is 0 Å². The summed E-state index contributed by atoms with van der Waals surface area (Å²) in [7, 11) is 0. The largest absolute Gasteiger partial charge is 0.383 e. The summed E-state index contributed by atoms with van der Waals surface area (Å²) in [6.45, 7) is 4.68. The summed E-state index contributed by atoms with van der Waals surface area (Å²) in [5.41, 5.74) is 7.58. The molecule has 1 aromatic carbocycles. The van der Waals surface area contributed by atoms with Crippen LogP contribution in [0.25, 0.3) is 0 Å². The van der Waals surface area contributed by atoms with Crippen LogP contribution >= 0.6 is 0 Å². The van der Waals surface area contributed by atoms with Crippen molar-refractivity contribution in [1.82, 2.24) is 0 Å². The third kappa shape index (κ3) is 3.32. The molecule has 0 saturated heterocycles. The second-order valence-corrected chi connectivity index (χ2v) is 5.78. The second kappa shape index (κ2) is 4.91. The molecule has 0 heterocycles. The van der Waals surface area contributed by atoms with Gasteiger partial charge in [0.1, 0.15) is 5.84 Å². The van der Waals surface area contributed by atoms with Gasteiger partial charge in [-0.05, 0) is 31.1 Å². The Labute approximate surface area is 104 Å². The predicted octanol–water partition coefficient (Wildman–Crippen LogP) is 3.36. The molecule has 0 bridgehead atoms. The molecule has 1 fully saturated rings. The van der Waals surface area contributed by atoms with Gasteiger partial charge in [0.15, 0.2) is 0 Å². The van der Waals surface area contributed by atoms with E-state index in [1.54, 1.807) is 0 Å². The summed E-state index contributed by atoms with van der Waals surface area (Å²) < 4.78 is 0. The van der Waals surface area contributed by atoms with Crippen LogP contribution in [0.2, 0.25) is 0 Å². The zero-order valence-electron chi connectivity index (χ0n) is 10.8. The maximum Gasteiger partial charge on any atom is 0.125 e. The minimum Gasteiger partial charge on any atom is -0.383 e. The van der Waals surface area contributed by atoms with Crippen LogP contribution < -0.4 is 5.73 Å². The smallest absolute Gasteiger partial charge is 0.125 e. The van der Waals surface area contributed by atoms with Gasteiger partial charge in [0.2, 0.25) is 0 Å². The highest BCUT2D eigenvalue weighted by atomic mass is 14.9. The molecule has 2 heteroatoms. The van der Waals surface area contributed by atoms with Gasteiger partial charge in [-0.25, -0.2) is 0 Å². The van der Waals surface area contributed by atoms with Crippen molar-refractivity contribution < 1.29 is 0 Å². The Balaban J connectivity index is 2.01. The lowest BCUT2D eigenvalue weighted by molar-refractivity contribution is 0.226. The Kier molecular flexibility index (Phi) is 3.51. The maximum atomic E-state index is 6.04. The summed E-state index contributed by atoms with van der Waals surface area (Å²) >= 11 is 0. The van der Waals surface area contributed by atoms with E-state index in [1.807, 2.05) is 30.3 Å². The van der Waals surface area contributed by atoms with Crippen LogP contribution in [0.5, 0.6) is 0 Å². The van der Waals surface area contributed by atoms with Gasteiger partial charge in [-0.3, -0.25) is 4.99 Å². The van der Waals surface area contributed by atoms with Crippen molar-refractivity contribution in [3.8, 4) is 0 Å². The number of aliphatic imine (C=N–C) groups is 1. The van der Waals surface area contributed by atoms with E-state index in [0.717, 1.165) is 5.56 Å². The molecule has 0 unspecified atom stereocenters. The van der Waals surface area contributed by atoms with Gasteiger partial charge in [-0.1, -0.05) is 44.2 Å². The number of hydrogen-bond acceptors (Lipinski definition) is 1. The van der Waals surface area contributed by atoms with Crippen LogP contribution in [0, 0.1) is 5.41 Å². The van der Waals surface area contributed by atoms with Crippen LogP contribution in [0.1, 0.15) is 45.1 Å². The molecule has 0 spiro atoms. The monoisotopic (exact) mass is 230 g/mol. The zero-order valence-corrected chi connectivity index (χ0v) is 10.8. The number of rotatable bonds is 2. The highest BCUT2D eigenvalue weighted by Crippen LogP contribution is 2.36. The lowest BCUT2D eigenvalue weighted by atomic mass is 9.76. The maximum absolute atomic E-state index is 6.04. The first-order chi connectivity index (χ1) is 8.07. The minimum absolute atomic E-state index is 0.420. The normalized spacial score (nSPS) is 21.4. The van der Waals surface area contributed by atoms with Gasteiger partial charge in [0.25, 0.3) is 0 Å². The fourth-order valence-corrected chi connectivity index (χ4v) is 2.39. The van der Waals surface area contributed by atoms with E-state index in [2.05, 4.69) is 18.8 Å². The van der Waals surface area contributed by atoms with Crippen LogP contribution in [-0.4, -0.2) is 11.9 Å². The lowest BCUT2D eigenvalue weighted by Crippen LogP contribution is -2.26. The summed E-state index contributed by atoms with van der Waals surface area (Å²) in [4.78, 5) is 4.67. The molecule has 92 valence electrons. The van der Waals surface area contributed by atoms with E-state index in [-0.39, 0.29) is 0 Å². The average molecular weight is 230 g/mol. The third-order valence-electron chi connectivity index (χ3n) is 3.70. The quantitative estimate of drug-likeness (QED) is 0.614. The number of amidine groups is 1. The van der Waals surface area contributed by atoms with Crippen molar-refractivity contribution in [3.05, 3.63) is 35.9 Å². The summed E-state index contributed by atoms with van der Waals surface area (Å²) in [6, 6.07) is 10.5. The van der Waals surface area contributed by atoms with Crippen molar-refractivity contribution in [3.63, 3.8) is 0 Å². The van der Waals surface area contributed by atoms with E-state index in [0.29, 0.717) is 17.3 Å². The molecule has 17 heavy (non-hydrogen) atoms. The molecule has 2 N–H and O–H groups in total. The van der Waals surface area contributed by atoms with Crippen LogP contribution in [-0.2, 0) is 0 Å². The molecule has 1 aromatic rings. The molecule has 2 nitrogen and oxygen atoms in total. The molecule has 0 radical (unpaired) electrons. The molecule has 0 aromatic heterocycles. The van der Waals surface area contributed by atoms with Gasteiger partial charge in [0, 0.05) is 5.56 Å². The summed E-state index contributed by atoms with van der Waals surface area (Å²) in [6.07, 6.45) is 4.84. The van der Waals surface area contributed by atoms with E-state index >= 15 is 0 Å². The number of hydrogen-bond donors (Lipinski definition) is 1. The van der Waals surface area contributed by atoms with E-state index in [4.69, 9.17) is 5.73 Å². The summed E-state index contributed by atoms with van der Waals surface area (Å²) in [5, 5.41) is 0. The molecular weight excluding hydrogens is 208 g/mol. The highest BCUT2D eigenvalue weighted by Gasteiger charge is 2.26. The van der Waals surface area contributed by atoms with Gasteiger partial charge < -0.3 is 5.73 Å². The van der Waals surface area contributed by atoms with Crippen LogP contribution in [0.15, 0.2) is 35.3 Å². The van der Waals surface area contributed by atoms with Crippen LogP contribution in [0.4, 0.5) is 0 Å². The first-order valence-electron chi connectivity index (χ1n) is 6.45. The molecule has 2 rings (SSSR count). The van der Waals surface area contributed by atoms with Crippen molar-refractivity contribution in [2.75, 3.05) is 0 Å². The first kappa shape index (κ1) is 12.2. The third-order valence-corrected chi connectivity index (χ3v) is 3.70. The van der Waals surface area contributed by atoms with E-state index in [1.165, 1.54) is 25.7 Å². The minimum atomic E-state index is 0.420. The molecule has 1 aliphatic rings. The Hall–Kier alpha value is -1.31. The fraction of sp³-hybridized carbons (Fsp3) is 0.533. The Morgan fingerprint density at radius 1 is 1.18 bits per heavy atom. The molecule has 1 saturated carbocycles. The Morgan fingerprint density at radius 3 is 2.35 bits per heavy atom. The van der Waals surface area contributed by atoms with Crippen LogP contribution in [0.3, 0.4) is 0 Å². The Bertz CT molecular complexity index is 383. The van der Waals surface area contributed by atoms with Gasteiger partial charge in [-0.15, -0.1) is 0 Å². The Morgan fingerprint density at radius 2 is 1.76 bits per heavy atom. The molecule has 0 aliphatic heterocycles. The van der Waals surface area contributed by atoms with Gasteiger partial charge >= 0.3 is 0 Å². The van der Waals surface area contributed by atoms with Gasteiger partial charge in [-0.2, -0.15) is 0 Å². The topological polar surface area (TPSA) is 38.4 Å². The average Bonchev–Trinajstić information content (AvgIpc) is 2.33. The van der Waals surface area contributed by atoms with Gasteiger partial charge in [0.05, 0.1) is 6.04 Å². The first-order valence-corrected chi connectivity index (χ1v) is 6.45.